The molecule has 0 heterocycles. The molecule has 0 aromatic rings. The van der Waals surface area contributed by atoms with Crippen molar-refractivity contribution >= 4 is 0 Å². The summed E-state index contributed by atoms with van der Waals surface area (Å²) in [4.78, 5) is 0. The second-order valence-corrected chi connectivity index (χ2v) is 10.7. The number of unbranched alkanes of at least 4 members (excludes halogenated alkanes) is 15. The van der Waals surface area contributed by atoms with Gasteiger partial charge in [0.05, 0.1) is 5.41 Å². The van der Waals surface area contributed by atoms with E-state index >= 15 is 0 Å². The van der Waals surface area contributed by atoms with Gasteiger partial charge in [-0.15, -0.1) is 0 Å². The minimum Gasteiger partial charge on any atom is -0.327 e. The zero-order chi connectivity index (χ0) is 26.1. The van der Waals surface area contributed by atoms with Gasteiger partial charge in [-0.25, -0.2) is 0 Å². The minimum absolute atomic E-state index is 0.0617. The van der Waals surface area contributed by atoms with Crippen molar-refractivity contribution in [3.05, 3.63) is 0 Å². The van der Waals surface area contributed by atoms with E-state index in [1.807, 2.05) is 0 Å². The lowest BCUT2D eigenvalue weighted by molar-refractivity contribution is -0.432. The molecule has 0 aromatic carbocycles. The lowest BCUT2D eigenvalue weighted by Crippen LogP contribution is -2.55. The molecule has 1 atom stereocenters. The molecule has 0 aliphatic carbocycles. The van der Waals surface area contributed by atoms with Gasteiger partial charge in [-0.05, 0) is 40.0 Å². The Labute approximate surface area is 221 Å². The first-order valence-electron chi connectivity index (χ1n) is 16.0. The third-order valence-electron chi connectivity index (χ3n) is 7.65. The monoisotopic (exact) mass is 499 g/mol. The van der Waals surface area contributed by atoms with E-state index in [2.05, 4.69) is 41.5 Å². The molecule has 0 aromatic heterocycles. The molecular weight excluding hydrogens is 432 g/mol. The average molecular weight is 499 g/mol. The fraction of sp³-hybridized carbons (Fsp3) is 1.00. The van der Waals surface area contributed by atoms with E-state index in [9.17, 15) is 0 Å². The molecule has 0 fully saturated rings. The summed E-state index contributed by atoms with van der Waals surface area (Å²) in [6.07, 6.45) is 27.7. The third-order valence-corrected chi connectivity index (χ3v) is 7.65. The molecule has 212 valence electrons. The maximum atomic E-state index is 6.43. The number of hydrogen-bond acceptors (Lipinski definition) is 3. The van der Waals surface area contributed by atoms with Crippen LogP contribution in [0.1, 0.15) is 176 Å². The summed E-state index contributed by atoms with van der Waals surface area (Å²) in [7, 11) is 0. The first-order valence-corrected chi connectivity index (χ1v) is 16.0. The highest BCUT2D eigenvalue weighted by molar-refractivity contribution is 4.89. The number of hydrogen-bond donors (Lipinski definition) is 0. The topological polar surface area (TPSA) is 27.7 Å². The van der Waals surface area contributed by atoms with Crippen LogP contribution in [0.2, 0.25) is 0 Å². The van der Waals surface area contributed by atoms with E-state index in [1.54, 1.807) is 0 Å². The molecule has 0 saturated heterocycles. The van der Waals surface area contributed by atoms with Crippen LogP contribution in [0.25, 0.3) is 0 Å². The van der Waals surface area contributed by atoms with E-state index < -0.39 is 5.97 Å². The van der Waals surface area contributed by atoms with Crippen molar-refractivity contribution in [2.75, 3.05) is 19.8 Å². The van der Waals surface area contributed by atoms with E-state index in [0.29, 0.717) is 19.8 Å². The molecule has 0 rings (SSSR count). The standard InChI is InChI=1S/C32H66O3/c1-7-13-15-17-19-20-21-22-23-25-27-30-31(28-9-3,29-26-24-18-16-14-8-2)32(33-10-4,34-11-5)35-12-6/h7-30H2,1-6H3. The fourth-order valence-electron chi connectivity index (χ4n) is 5.84. The van der Waals surface area contributed by atoms with Gasteiger partial charge in [-0.3, -0.25) is 0 Å². The normalized spacial score (nSPS) is 13.9. The molecule has 35 heavy (non-hydrogen) atoms. The molecule has 0 aliphatic heterocycles. The van der Waals surface area contributed by atoms with Gasteiger partial charge in [0.15, 0.2) is 0 Å². The number of rotatable bonds is 28. The molecule has 3 nitrogen and oxygen atoms in total. The molecule has 3 heteroatoms. The molecule has 0 radical (unpaired) electrons. The molecule has 0 spiro atoms. The van der Waals surface area contributed by atoms with Crippen molar-refractivity contribution in [1.29, 1.82) is 0 Å². The van der Waals surface area contributed by atoms with Gasteiger partial charge in [0.1, 0.15) is 0 Å². The second kappa shape index (κ2) is 24.2. The van der Waals surface area contributed by atoms with Crippen molar-refractivity contribution in [3.63, 3.8) is 0 Å². The highest BCUT2D eigenvalue weighted by Gasteiger charge is 2.53. The van der Waals surface area contributed by atoms with Crippen molar-refractivity contribution in [2.24, 2.45) is 5.41 Å². The summed E-state index contributed by atoms with van der Waals surface area (Å²) in [5.74, 6) is -0.900. The Morgan fingerprint density at radius 1 is 0.343 bits per heavy atom. The Morgan fingerprint density at radius 3 is 0.943 bits per heavy atom. The predicted octanol–water partition coefficient (Wildman–Crippen LogP) is 11.0. The Balaban J connectivity index is 5.03. The van der Waals surface area contributed by atoms with Gasteiger partial charge in [0, 0.05) is 19.8 Å². The zero-order valence-electron chi connectivity index (χ0n) is 25.2. The average Bonchev–Trinajstić information content (AvgIpc) is 2.85. The van der Waals surface area contributed by atoms with Gasteiger partial charge in [0.2, 0.25) is 0 Å². The largest absolute Gasteiger partial charge is 0.327 e. The summed E-state index contributed by atoms with van der Waals surface area (Å²) < 4.78 is 19.3. The Bertz CT molecular complexity index is 408. The molecule has 0 aliphatic rings. The summed E-state index contributed by atoms with van der Waals surface area (Å²) in [6.45, 7) is 15.0. The fourth-order valence-corrected chi connectivity index (χ4v) is 5.84. The molecule has 1 unspecified atom stereocenters. The van der Waals surface area contributed by atoms with Gasteiger partial charge in [0.25, 0.3) is 5.97 Å². The van der Waals surface area contributed by atoms with Crippen molar-refractivity contribution in [3.8, 4) is 0 Å². The van der Waals surface area contributed by atoms with E-state index in [4.69, 9.17) is 14.2 Å². The molecular formula is C32H66O3. The van der Waals surface area contributed by atoms with Crippen LogP contribution in [0.3, 0.4) is 0 Å². The SMILES string of the molecule is CCCCCCCCCCCCCC(CCC)(CCCCCCCC)C(OCC)(OCC)OCC. The second-order valence-electron chi connectivity index (χ2n) is 10.7. The predicted molar refractivity (Wildman–Crippen MR) is 154 cm³/mol. The maximum Gasteiger partial charge on any atom is 0.288 e. The summed E-state index contributed by atoms with van der Waals surface area (Å²) in [5.41, 5.74) is -0.0617. The summed E-state index contributed by atoms with van der Waals surface area (Å²) in [6, 6.07) is 0. The molecule has 0 saturated carbocycles. The Kier molecular flexibility index (Phi) is 24.1. The Hall–Kier alpha value is -0.120. The third kappa shape index (κ3) is 15.0. The maximum absolute atomic E-state index is 6.43. The lowest BCUT2D eigenvalue weighted by Gasteiger charge is -2.49. The van der Waals surface area contributed by atoms with Crippen LogP contribution in [0.15, 0.2) is 0 Å². The van der Waals surface area contributed by atoms with Gasteiger partial charge >= 0.3 is 0 Å². The first-order chi connectivity index (χ1) is 17.1. The van der Waals surface area contributed by atoms with Gasteiger partial charge in [-0.2, -0.15) is 0 Å². The van der Waals surface area contributed by atoms with Crippen molar-refractivity contribution in [2.45, 2.75) is 182 Å². The number of ether oxygens (including phenoxy) is 3. The molecule has 0 bridgehead atoms. The van der Waals surface area contributed by atoms with Crippen LogP contribution in [0.4, 0.5) is 0 Å². The highest BCUT2D eigenvalue weighted by atomic mass is 16.9. The lowest BCUT2D eigenvalue weighted by atomic mass is 9.71. The van der Waals surface area contributed by atoms with Crippen molar-refractivity contribution in [1.82, 2.24) is 0 Å². The van der Waals surface area contributed by atoms with Gasteiger partial charge < -0.3 is 14.2 Å². The minimum atomic E-state index is -0.900. The van der Waals surface area contributed by atoms with Gasteiger partial charge in [-0.1, -0.05) is 136 Å². The zero-order valence-corrected chi connectivity index (χ0v) is 25.2. The van der Waals surface area contributed by atoms with Crippen LogP contribution in [-0.2, 0) is 14.2 Å². The van der Waals surface area contributed by atoms with Crippen LogP contribution in [0.5, 0.6) is 0 Å². The smallest absolute Gasteiger partial charge is 0.288 e. The molecule has 0 amide bonds. The van der Waals surface area contributed by atoms with Crippen LogP contribution >= 0.6 is 0 Å². The highest BCUT2D eigenvalue weighted by Crippen LogP contribution is 2.49. The van der Waals surface area contributed by atoms with E-state index in [-0.39, 0.29) is 5.41 Å². The summed E-state index contributed by atoms with van der Waals surface area (Å²) >= 11 is 0. The molecule has 0 N–H and O–H groups in total. The summed E-state index contributed by atoms with van der Waals surface area (Å²) in [5, 5.41) is 0. The van der Waals surface area contributed by atoms with Crippen LogP contribution in [-0.4, -0.2) is 25.8 Å². The first kappa shape index (κ1) is 34.9. The van der Waals surface area contributed by atoms with Crippen LogP contribution in [0, 0.1) is 5.41 Å². The Morgan fingerprint density at radius 2 is 0.657 bits per heavy atom. The van der Waals surface area contributed by atoms with Crippen LogP contribution < -0.4 is 0 Å². The van der Waals surface area contributed by atoms with Crippen molar-refractivity contribution < 1.29 is 14.2 Å². The van der Waals surface area contributed by atoms with E-state index in [0.717, 1.165) is 25.7 Å². The van der Waals surface area contributed by atoms with E-state index in [1.165, 1.54) is 109 Å². The quantitative estimate of drug-likeness (QED) is 0.0792.